The van der Waals surface area contributed by atoms with Gasteiger partial charge in [-0.25, -0.2) is 0 Å². The molecule has 0 aliphatic carbocycles. The highest BCUT2D eigenvalue weighted by Gasteiger charge is 2.08. The highest BCUT2D eigenvalue weighted by atomic mass is 79.9. The maximum Gasteiger partial charge on any atom is 0.251 e. The molecule has 0 radical (unpaired) electrons. The van der Waals surface area contributed by atoms with Crippen molar-refractivity contribution in [3.63, 3.8) is 0 Å². The Labute approximate surface area is 155 Å². The summed E-state index contributed by atoms with van der Waals surface area (Å²) >= 11 is 3.34. The average molecular weight is 405 g/mol. The standard InChI is InChI=1S/C19H21BrN2O3/c1-2-12-25-17-5-3-4-14(13-17)19(24)21-11-10-18(23)22-16-8-6-15(20)7-9-16/h3-9,13H,2,10-12H2,1H3,(H,21,24)(H,22,23). The Kier molecular flexibility index (Phi) is 7.47. The molecule has 0 spiro atoms. The number of carbonyl (C=O) groups is 2. The van der Waals surface area contributed by atoms with Crippen LogP contribution in [0.5, 0.6) is 5.75 Å². The third-order valence-electron chi connectivity index (χ3n) is 3.33. The zero-order chi connectivity index (χ0) is 18.1. The van der Waals surface area contributed by atoms with Crippen molar-refractivity contribution in [1.29, 1.82) is 0 Å². The van der Waals surface area contributed by atoms with Gasteiger partial charge in [-0.1, -0.05) is 28.9 Å². The van der Waals surface area contributed by atoms with Gasteiger partial charge < -0.3 is 15.4 Å². The highest BCUT2D eigenvalue weighted by molar-refractivity contribution is 9.10. The molecule has 25 heavy (non-hydrogen) atoms. The van der Waals surface area contributed by atoms with Gasteiger partial charge in [-0.3, -0.25) is 9.59 Å². The summed E-state index contributed by atoms with van der Waals surface area (Å²) in [6.07, 6.45) is 1.11. The van der Waals surface area contributed by atoms with E-state index in [1.54, 1.807) is 18.2 Å². The van der Waals surface area contributed by atoms with E-state index < -0.39 is 0 Å². The summed E-state index contributed by atoms with van der Waals surface area (Å²) in [5.41, 5.74) is 1.24. The van der Waals surface area contributed by atoms with E-state index in [-0.39, 0.29) is 24.8 Å². The minimum atomic E-state index is -0.224. The Bertz CT molecular complexity index is 717. The number of hydrogen-bond donors (Lipinski definition) is 2. The van der Waals surface area contributed by atoms with Crippen LogP contribution < -0.4 is 15.4 Å². The molecule has 0 fully saturated rings. The molecule has 2 N–H and O–H groups in total. The zero-order valence-electron chi connectivity index (χ0n) is 14.0. The van der Waals surface area contributed by atoms with Crippen molar-refractivity contribution >= 4 is 33.4 Å². The number of amides is 2. The third kappa shape index (κ3) is 6.58. The van der Waals surface area contributed by atoms with Crippen molar-refractivity contribution in [2.45, 2.75) is 19.8 Å². The van der Waals surface area contributed by atoms with E-state index >= 15 is 0 Å². The minimum Gasteiger partial charge on any atom is -0.494 e. The first-order valence-corrected chi connectivity index (χ1v) is 8.94. The molecule has 0 aromatic heterocycles. The number of benzene rings is 2. The van der Waals surface area contributed by atoms with Crippen LogP contribution in [0.15, 0.2) is 53.0 Å². The SMILES string of the molecule is CCCOc1cccc(C(=O)NCCC(=O)Nc2ccc(Br)cc2)c1. The Hall–Kier alpha value is -2.34. The van der Waals surface area contributed by atoms with E-state index in [1.807, 2.05) is 37.3 Å². The largest absolute Gasteiger partial charge is 0.494 e. The summed E-state index contributed by atoms with van der Waals surface area (Å²) in [7, 11) is 0. The van der Waals surface area contributed by atoms with Gasteiger partial charge in [0.25, 0.3) is 5.91 Å². The predicted molar refractivity (Wildman–Crippen MR) is 102 cm³/mol. The molecule has 0 saturated heterocycles. The summed E-state index contributed by atoms with van der Waals surface area (Å²) in [6, 6.07) is 14.3. The lowest BCUT2D eigenvalue weighted by Crippen LogP contribution is -2.27. The molecule has 0 saturated carbocycles. The van der Waals surface area contributed by atoms with Gasteiger partial charge in [-0.15, -0.1) is 0 Å². The van der Waals surface area contributed by atoms with Crippen LogP contribution in [-0.2, 0) is 4.79 Å². The second kappa shape index (κ2) is 9.84. The van der Waals surface area contributed by atoms with Crippen LogP contribution in [0.1, 0.15) is 30.1 Å². The molecule has 5 nitrogen and oxygen atoms in total. The molecule has 0 aliphatic heterocycles. The first-order chi connectivity index (χ1) is 12.1. The molecule has 6 heteroatoms. The highest BCUT2D eigenvalue weighted by Crippen LogP contribution is 2.15. The Morgan fingerprint density at radius 2 is 1.88 bits per heavy atom. The topological polar surface area (TPSA) is 67.4 Å². The maximum absolute atomic E-state index is 12.1. The van der Waals surface area contributed by atoms with Crippen molar-refractivity contribution in [3.8, 4) is 5.75 Å². The number of rotatable bonds is 8. The van der Waals surface area contributed by atoms with Gasteiger partial charge in [0, 0.05) is 28.7 Å². The molecule has 2 aromatic rings. The van der Waals surface area contributed by atoms with E-state index in [2.05, 4.69) is 26.6 Å². The first kappa shape index (κ1) is 19.0. The Morgan fingerprint density at radius 1 is 1.12 bits per heavy atom. The molecule has 0 aliphatic rings. The normalized spacial score (nSPS) is 10.2. The Balaban J connectivity index is 1.77. The molecule has 2 rings (SSSR count). The van der Waals surface area contributed by atoms with E-state index in [9.17, 15) is 9.59 Å². The van der Waals surface area contributed by atoms with Crippen molar-refractivity contribution in [2.75, 3.05) is 18.5 Å². The van der Waals surface area contributed by atoms with Crippen LogP contribution in [0, 0.1) is 0 Å². The molecular formula is C19H21BrN2O3. The number of hydrogen-bond acceptors (Lipinski definition) is 3. The van der Waals surface area contributed by atoms with E-state index in [0.717, 1.165) is 16.6 Å². The second-order valence-electron chi connectivity index (χ2n) is 5.44. The van der Waals surface area contributed by atoms with Crippen molar-refractivity contribution in [1.82, 2.24) is 5.32 Å². The molecule has 0 heterocycles. The van der Waals surface area contributed by atoms with Gasteiger partial charge in [-0.2, -0.15) is 0 Å². The van der Waals surface area contributed by atoms with E-state index in [1.165, 1.54) is 0 Å². The smallest absolute Gasteiger partial charge is 0.251 e. The van der Waals surface area contributed by atoms with Crippen LogP contribution >= 0.6 is 15.9 Å². The summed E-state index contributed by atoms with van der Waals surface area (Å²) < 4.78 is 6.46. The van der Waals surface area contributed by atoms with Crippen molar-refractivity contribution in [3.05, 3.63) is 58.6 Å². The van der Waals surface area contributed by atoms with Gasteiger partial charge >= 0.3 is 0 Å². The first-order valence-electron chi connectivity index (χ1n) is 8.15. The molecule has 2 amide bonds. The van der Waals surface area contributed by atoms with E-state index in [4.69, 9.17) is 4.74 Å². The lowest BCUT2D eigenvalue weighted by Gasteiger charge is -2.09. The molecule has 0 bridgehead atoms. The van der Waals surface area contributed by atoms with Crippen LogP contribution in [0.3, 0.4) is 0 Å². The van der Waals surface area contributed by atoms with Crippen LogP contribution in [0.2, 0.25) is 0 Å². The summed E-state index contributed by atoms with van der Waals surface area (Å²) in [5.74, 6) is 0.295. The third-order valence-corrected chi connectivity index (χ3v) is 3.86. The molecular weight excluding hydrogens is 384 g/mol. The number of carbonyl (C=O) groups excluding carboxylic acids is 2. The molecule has 0 unspecified atom stereocenters. The molecule has 132 valence electrons. The van der Waals surface area contributed by atoms with Crippen molar-refractivity contribution in [2.24, 2.45) is 0 Å². The quantitative estimate of drug-likeness (QED) is 0.698. The Morgan fingerprint density at radius 3 is 2.60 bits per heavy atom. The second-order valence-corrected chi connectivity index (χ2v) is 6.35. The van der Waals surface area contributed by atoms with Gasteiger partial charge in [0.1, 0.15) is 5.75 Å². The average Bonchev–Trinajstić information content (AvgIpc) is 2.62. The monoisotopic (exact) mass is 404 g/mol. The number of ether oxygens (including phenoxy) is 1. The summed E-state index contributed by atoms with van der Waals surface area (Å²) in [4.78, 5) is 24.0. The van der Waals surface area contributed by atoms with E-state index in [0.29, 0.717) is 17.9 Å². The fraction of sp³-hybridized carbons (Fsp3) is 0.263. The number of halogens is 1. The minimum absolute atomic E-state index is 0.150. The number of anilines is 1. The van der Waals surface area contributed by atoms with Crippen LogP contribution in [-0.4, -0.2) is 25.0 Å². The van der Waals surface area contributed by atoms with Gasteiger partial charge in [-0.05, 0) is 48.9 Å². The maximum atomic E-state index is 12.1. The summed E-state index contributed by atoms with van der Waals surface area (Å²) in [6.45, 7) is 2.90. The van der Waals surface area contributed by atoms with Gasteiger partial charge in [0.2, 0.25) is 5.91 Å². The lowest BCUT2D eigenvalue weighted by atomic mass is 10.2. The fourth-order valence-corrected chi connectivity index (χ4v) is 2.36. The van der Waals surface area contributed by atoms with Crippen molar-refractivity contribution < 1.29 is 14.3 Å². The molecule has 0 atom stereocenters. The predicted octanol–water partition coefficient (Wildman–Crippen LogP) is 4.00. The number of nitrogens with one attached hydrogen (secondary N) is 2. The fourth-order valence-electron chi connectivity index (χ4n) is 2.10. The zero-order valence-corrected chi connectivity index (χ0v) is 15.6. The lowest BCUT2D eigenvalue weighted by molar-refractivity contribution is -0.116. The summed E-state index contributed by atoms with van der Waals surface area (Å²) in [5, 5.41) is 5.53. The van der Waals surface area contributed by atoms with Gasteiger partial charge in [0.15, 0.2) is 0 Å². The van der Waals surface area contributed by atoms with Crippen LogP contribution in [0.4, 0.5) is 5.69 Å². The molecule has 2 aromatic carbocycles. The van der Waals surface area contributed by atoms with Gasteiger partial charge in [0.05, 0.1) is 6.61 Å². The van der Waals surface area contributed by atoms with Crippen LogP contribution in [0.25, 0.3) is 0 Å².